The van der Waals surface area contributed by atoms with E-state index >= 15 is 0 Å². The fourth-order valence-electron chi connectivity index (χ4n) is 1.25. The van der Waals surface area contributed by atoms with Crippen LogP contribution in [-0.2, 0) is 0 Å². The maximum atomic E-state index is 5.87. The van der Waals surface area contributed by atoms with Crippen LogP contribution >= 0.6 is 23.1 Å². The van der Waals surface area contributed by atoms with E-state index in [9.17, 15) is 0 Å². The molecule has 14 heavy (non-hydrogen) atoms. The molecule has 0 saturated carbocycles. The monoisotopic (exact) mass is 226 g/mol. The summed E-state index contributed by atoms with van der Waals surface area (Å²) >= 11 is 7.35. The number of nitrogens with one attached hydrogen (secondary N) is 1. The van der Waals surface area contributed by atoms with Gasteiger partial charge in [-0.15, -0.1) is 11.6 Å². The highest BCUT2D eigenvalue weighted by atomic mass is 35.5. The Labute approximate surface area is 92.1 Å². The number of benzene rings is 1. The van der Waals surface area contributed by atoms with Crippen molar-refractivity contribution in [3.05, 3.63) is 24.3 Å². The second-order valence-corrected chi connectivity index (χ2v) is 4.71. The molecule has 1 atom stereocenters. The SMILES string of the molecule is CC(Cl)CNc1snc2ccccc12. The van der Waals surface area contributed by atoms with Gasteiger partial charge in [-0.05, 0) is 30.6 Å². The van der Waals surface area contributed by atoms with E-state index in [-0.39, 0.29) is 5.38 Å². The van der Waals surface area contributed by atoms with Gasteiger partial charge in [0.1, 0.15) is 5.00 Å². The summed E-state index contributed by atoms with van der Waals surface area (Å²) in [5, 5.41) is 5.71. The summed E-state index contributed by atoms with van der Waals surface area (Å²) in [5.74, 6) is 0. The fraction of sp³-hybridized carbons (Fsp3) is 0.300. The summed E-state index contributed by atoms with van der Waals surface area (Å²) in [6.45, 7) is 2.74. The van der Waals surface area contributed by atoms with Gasteiger partial charge < -0.3 is 5.32 Å². The lowest BCUT2D eigenvalue weighted by Gasteiger charge is -2.04. The Hall–Kier alpha value is -0.800. The molecule has 0 spiro atoms. The van der Waals surface area contributed by atoms with E-state index in [2.05, 4.69) is 15.8 Å². The summed E-state index contributed by atoms with van der Waals surface area (Å²) in [7, 11) is 0. The number of rotatable bonds is 3. The van der Waals surface area contributed by atoms with Crippen molar-refractivity contribution in [3.8, 4) is 0 Å². The zero-order valence-electron chi connectivity index (χ0n) is 7.83. The van der Waals surface area contributed by atoms with Crippen molar-refractivity contribution < 1.29 is 0 Å². The van der Waals surface area contributed by atoms with E-state index in [1.807, 2.05) is 25.1 Å². The molecule has 2 rings (SSSR count). The van der Waals surface area contributed by atoms with Gasteiger partial charge in [-0.2, -0.15) is 4.37 Å². The molecule has 1 unspecified atom stereocenters. The molecule has 1 N–H and O–H groups in total. The minimum Gasteiger partial charge on any atom is -0.374 e. The summed E-state index contributed by atoms with van der Waals surface area (Å²) in [6.07, 6.45) is 0. The quantitative estimate of drug-likeness (QED) is 0.813. The highest BCUT2D eigenvalue weighted by Gasteiger charge is 2.04. The van der Waals surface area contributed by atoms with Crippen LogP contribution in [0.3, 0.4) is 0 Å². The lowest BCUT2D eigenvalue weighted by Crippen LogP contribution is -2.09. The number of fused-ring (bicyclic) bond motifs is 1. The zero-order chi connectivity index (χ0) is 9.97. The van der Waals surface area contributed by atoms with E-state index in [1.54, 1.807) is 0 Å². The first-order valence-corrected chi connectivity index (χ1v) is 5.70. The molecule has 0 aliphatic rings. The molecule has 0 bridgehead atoms. The topological polar surface area (TPSA) is 24.9 Å². The molecule has 0 saturated heterocycles. The Morgan fingerprint density at radius 3 is 3.07 bits per heavy atom. The summed E-state index contributed by atoms with van der Waals surface area (Å²) in [4.78, 5) is 0. The van der Waals surface area contributed by atoms with Gasteiger partial charge >= 0.3 is 0 Å². The molecule has 1 heterocycles. The van der Waals surface area contributed by atoms with Gasteiger partial charge in [0.15, 0.2) is 0 Å². The maximum absolute atomic E-state index is 5.87. The Kier molecular flexibility index (Phi) is 2.89. The van der Waals surface area contributed by atoms with Gasteiger partial charge in [0, 0.05) is 17.3 Å². The molecule has 2 nitrogen and oxygen atoms in total. The first-order chi connectivity index (χ1) is 6.77. The highest BCUT2D eigenvalue weighted by Crippen LogP contribution is 2.27. The number of nitrogens with zero attached hydrogens (tertiary/aromatic N) is 1. The Morgan fingerprint density at radius 2 is 2.29 bits per heavy atom. The molecule has 0 radical (unpaired) electrons. The highest BCUT2D eigenvalue weighted by molar-refractivity contribution is 7.11. The minimum atomic E-state index is 0.135. The standard InChI is InChI=1S/C10H11ClN2S/c1-7(11)6-12-10-8-4-2-3-5-9(8)13-14-10/h2-5,7,12H,6H2,1H3. The van der Waals surface area contributed by atoms with Gasteiger partial charge in [0.25, 0.3) is 0 Å². The first-order valence-electron chi connectivity index (χ1n) is 4.50. The smallest absolute Gasteiger partial charge is 0.117 e. The molecule has 2 aromatic rings. The van der Waals surface area contributed by atoms with Gasteiger partial charge in [-0.3, -0.25) is 0 Å². The lowest BCUT2D eigenvalue weighted by atomic mass is 10.2. The minimum absolute atomic E-state index is 0.135. The summed E-state index contributed by atoms with van der Waals surface area (Å²) < 4.78 is 4.33. The lowest BCUT2D eigenvalue weighted by molar-refractivity contribution is 0.994. The van der Waals surface area contributed by atoms with Gasteiger partial charge in [0.05, 0.1) is 5.52 Å². The van der Waals surface area contributed by atoms with Crippen molar-refractivity contribution in [3.63, 3.8) is 0 Å². The number of halogens is 1. The molecule has 0 aliphatic carbocycles. The van der Waals surface area contributed by atoms with Crippen LogP contribution in [0.4, 0.5) is 5.00 Å². The molecular formula is C10H11ClN2S. The molecule has 0 fully saturated rings. The van der Waals surface area contributed by atoms with E-state index < -0.39 is 0 Å². The average molecular weight is 227 g/mol. The van der Waals surface area contributed by atoms with Crippen LogP contribution in [0.5, 0.6) is 0 Å². The van der Waals surface area contributed by atoms with Crippen LogP contribution in [0.15, 0.2) is 24.3 Å². The summed E-state index contributed by atoms with van der Waals surface area (Å²) in [5.41, 5.74) is 1.04. The van der Waals surface area contributed by atoms with Gasteiger partial charge in [0.2, 0.25) is 0 Å². The number of hydrogen-bond donors (Lipinski definition) is 1. The van der Waals surface area contributed by atoms with Crippen molar-refractivity contribution in [2.75, 3.05) is 11.9 Å². The molecule has 4 heteroatoms. The van der Waals surface area contributed by atoms with Crippen molar-refractivity contribution in [2.24, 2.45) is 0 Å². The van der Waals surface area contributed by atoms with Crippen molar-refractivity contribution >= 4 is 39.0 Å². The third-order valence-electron chi connectivity index (χ3n) is 1.93. The number of alkyl halides is 1. The number of aromatic nitrogens is 1. The zero-order valence-corrected chi connectivity index (χ0v) is 9.40. The Morgan fingerprint density at radius 1 is 1.50 bits per heavy atom. The van der Waals surface area contributed by atoms with E-state index in [0.717, 1.165) is 17.1 Å². The van der Waals surface area contributed by atoms with E-state index in [0.29, 0.717) is 0 Å². The predicted octanol–water partition coefficient (Wildman–Crippen LogP) is 3.34. The second-order valence-electron chi connectivity index (χ2n) is 3.19. The molecule has 0 aliphatic heterocycles. The maximum Gasteiger partial charge on any atom is 0.117 e. The normalized spacial score (nSPS) is 13.0. The second kappa shape index (κ2) is 4.15. The average Bonchev–Trinajstić information content (AvgIpc) is 2.58. The van der Waals surface area contributed by atoms with Crippen LogP contribution < -0.4 is 5.32 Å². The largest absolute Gasteiger partial charge is 0.374 e. The number of hydrogen-bond acceptors (Lipinski definition) is 3. The molecule has 74 valence electrons. The van der Waals surface area contributed by atoms with Crippen LogP contribution in [-0.4, -0.2) is 16.3 Å². The van der Waals surface area contributed by atoms with Crippen molar-refractivity contribution in [2.45, 2.75) is 12.3 Å². The van der Waals surface area contributed by atoms with Crippen molar-refractivity contribution in [1.29, 1.82) is 0 Å². The molecule has 1 aromatic carbocycles. The fourth-order valence-corrected chi connectivity index (χ4v) is 2.09. The van der Waals surface area contributed by atoms with Crippen LogP contribution in [0.25, 0.3) is 10.9 Å². The van der Waals surface area contributed by atoms with Crippen LogP contribution in [0, 0.1) is 0 Å². The predicted molar refractivity (Wildman–Crippen MR) is 63.4 cm³/mol. The van der Waals surface area contributed by atoms with E-state index in [1.165, 1.54) is 16.9 Å². The van der Waals surface area contributed by atoms with Gasteiger partial charge in [-0.25, -0.2) is 0 Å². The third-order valence-corrected chi connectivity index (χ3v) is 2.92. The number of anilines is 1. The first kappa shape index (κ1) is 9.74. The third kappa shape index (κ3) is 1.99. The van der Waals surface area contributed by atoms with Crippen LogP contribution in [0.2, 0.25) is 0 Å². The molecular weight excluding hydrogens is 216 g/mol. The summed E-state index contributed by atoms with van der Waals surface area (Å²) in [6, 6.07) is 8.10. The molecule has 1 aromatic heterocycles. The Bertz CT molecular complexity index is 425. The van der Waals surface area contributed by atoms with Crippen molar-refractivity contribution in [1.82, 2.24) is 4.37 Å². The van der Waals surface area contributed by atoms with E-state index in [4.69, 9.17) is 11.6 Å². The Balaban J connectivity index is 2.25. The van der Waals surface area contributed by atoms with Gasteiger partial charge in [-0.1, -0.05) is 12.1 Å². The van der Waals surface area contributed by atoms with Crippen LogP contribution in [0.1, 0.15) is 6.92 Å². The molecule has 0 amide bonds.